The maximum absolute atomic E-state index is 12.0. The Hall–Kier alpha value is -2.32. The van der Waals surface area contributed by atoms with E-state index in [1.807, 2.05) is 19.1 Å². The van der Waals surface area contributed by atoms with E-state index in [1.165, 1.54) is 6.92 Å². The lowest BCUT2D eigenvalue weighted by Gasteiger charge is -2.16. The van der Waals surface area contributed by atoms with Gasteiger partial charge in [0.25, 0.3) is 0 Å². The molecule has 0 aliphatic rings. The average Bonchev–Trinajstić information content (AvgIpc) is 2.76. The molecule has 0 saturated carbocycles. The van der Waals surface area contributed by atoms with E-state index in [-0.39, 0.29) is 35.7 Å². The first-order valence-corrected chi connectivity index (χ1v) is 12.2. The number of carbonyl (C=O) groups excluding carboxylic acids is 2. The van der Waals surface area contributed by atoms with E-state index in [9.17, 15) is 19.5 Å². The molecular weight excluding hydrogens is 496 g/mol. The Labute approximate surface area is 200 Å². The third-order valence-corrected chi connectivity index (χ3v) is 6.42. The molecule has 2 aromatic carbocycles. The first-order chi connectivity index (χ1) is 15.2. The molecule has 32 heavy (non-hydrogen) atoms. The number of carbonyl (C=O) groups is 3. The number of ketones is 2. The predicted molar refractivity (Wildman–Crippen MR) is 128 cm³/mol. The number of phenols is 1. The fourth-order valence-electron chi connectivity index (χ4n) is 3.11. The molecule has 0 aromatic heterocycles. The highest BCUT2D eigenvalue weighted by molar-refractivity contribution is 9.10. The number of benzene rings is 2. The third-order valence-electron chi connectivity index (χ3n) is 4.73. The van der Waals surface area contributed by atoms with Crippen molar-refractivity contribution in [2.75, 3.05) is 12.4 Å². The molecule has 0 fully saturated rings. The fourth-order valence-corrected chi connectivity index (χ4v) is 4.52. The topological polar surface area (TPSA) is 101 Å². The number of halogens is 1. The lowest BCUT2D eigenvalue weighted by atomic mass is 10.0. The second-order valence-electron chi connectivity index (χ2n) is 7.26. The normalized spacial score (nSPS) is 10.7. The zero-order chi connectivity index (χ0) is 23.7. The molecule has 0 spiro atoms. The Bertz CT molecular complexity index is 971. The van der Waals surface area contributed by atoms with Gasteiger partial charge in [-0.2, -0.15) is 0 Å². The van der Waals surface area contributed by atoms with Gasteiger partial charge in [0.15, 0.2) is 11.6 Å². The van der Waals surface area contributed by atoms with Crippen LogP contribution in [0.5, 0.6) is 11.5 Å². The van der Waals surface area contributed by atoms with Crippen molar-refractivity contribution < 1.29 is 29.3 Å². The van der Waals surface area contributed by atoms with Crippen LogP contribution in [0.3, 0.4) is 0 Å². The zero-order valence-electron chi connectivity index (χ0n) is 18.2. The summed E-state index contributed by atoms with van der Waals surface area (Å²) < 4.78 is 6.60. The smallest absolute Gasteiger partial charge is 0.303 e. The lowest BCUT2D eigenvalue weighted by Crippen LogP contribution is -2.05. The van der Waals surface area contributed by atoms with E-state index in [4.69, 9.17) is 9.84 Å². The van der Waals surface area contributed by atoms with Crippen LogP contribution in [0.25, 0.3) is 0 Å². The number of hydrogen-bond donors (Lipinski definition) is 2. The molecule has 0 unspecified atom stereocenters. The van der Waals surface area contributed by atoms with Crippen LogP contribution in [0.2, 0.25) is 0 Å². The van der Waals surface area contributed by atoms with Gasteiger partial charge in [0.1, 0.15) is 11.5 Å². The molecule has 0 aliphatic heterocycles. The molecule has 2 aromatic rings. The van der Waals surface area contributed by atoms with Crippen molar-refractivity contribution in [3.63, 3.8) is 0 Å². The molecule has 6 nitrogen and oxygen atoms in total. The van der Waals surface area contributed by atoms with Crippen molar-refractivity contribution in [2.24, 2.45) is 0 Å². The minimum Gasteiger partial charge on any atom is -0.507 e. The molecule has 0 bridgehead atoms. The third kappa shape index (κ3) is 7.38. The highest BCUT2D eigenvalue weighted by Gasteiger charge is 2.19. The maximum Gasteiger partial charge on any atom is 0.303 e. The molecule has 0 amide bonds. The van der Waals surface area contributed by atoms with Gasteiger partial charge in [-0.15, -0.1) is 11.8 Å². The highest BCUT2D eigenvalue weighted by Crippen LogP contribution is 2.39. The van der Waals surface area contributed by atoms with Crippen LogP contribution >= 0.6 is 27.7 Å². The highest BCUT2D eigenvalue weighted by atomic mass is 79.9. The fraction of sp³-hybridized carbons (Fsp3) is 0.375. The molecular formula is C24H27BrO6S. The van der Waals surface area contributed by atoms with E-state index < -0.39 is 5.97 Å². The minimum atomic E-state index is -0.980. The van der Waals surface area contributed by atoms with Crippen LogP contribution in [-0.2, 0) is 11.2 Å². The number of aliphatic carboxylic acids is 1. The number of ether oxygens (including phenoxy) is 1. The van der Waals surface area contributed by atoms with Crippen molar-refractivity contribution in [3.05, 3.63) is 51.5 Å². The van der Waals surface area contributed by atoms with Crippen molar-refractivity contribution >= 4 is 45.2 Å². The van der Waals surface area contributed by atoms with Crippen molar-refractivity contribution in [3.8, 4) is 11.5 Å². The molecule has 0 atom stereocenters. The number of aromatic hydroxyl groups is 1. The van der Waals surface area contributed by atoms with Crippen molar-refractivity contribution in [1.82, 2.24) is 0 Å². The van der Waals surface area contributed by atoms with Crippen LogP contribution in [0.15, 0.2) is 39.7 Å². The van der Waals surface area contributed by atoms with Gasteiger partial charge >= 0.3 is 5.97 Å². The largest absolute Gasteiger partial charge is 0.507 e. The zero-order valence-corrected chi connectivity index (χ0v) is 20.6. The molecule has 2 N–H and O–H groups in total. The molecule has 2 rings (SSSR count). The van der Waals surface area contributed by atoms with E-state index in [0.29, 0.717) is 34.4 Å². The van der Waals surface area contributed by atoms with Crippen LogP contribution in [0.4, 0.5) is 0 Å². The molecule has 0 saturated heterocycles. The van der Waals surface area contributed by atoms with Gasteiger partial charge < -0.3 is 14.9 Å². The Morgan fingerprint density at radius 1 is 1.12 bits per heavy atom. The second-order valence-corrected chi connectivity index (χ2v) is 9.28. The minimum absolute atomic E-state index is 0.00229. The number of hydrogen-bond acceptors (Lipinski definition) is 6. The van der Waals surface area contributed by atoms with Gasteiger partial charge in [-0.1, -0.05) is 25.5 Å². The van der Waals surface area contributed by atoms with Gasteiger partial charge in [-0.05, 0) is 53.9 Å². The summed E-state index contributed by atoms with van der Waals surface area (Å²) in [5.41, 5.74) is 1.44. The predicted octanol–water partition coefficient (Wildman–Crippen LogP) is 5.92. The molecule has 8 heteroatoms. The summed E-state index contributed by atoms with van der Waals surface area (Å²) in [5, 5.41) is 19.2. The van der Waals surface area contributed by atoms with Crippen LogP contribution in [0, 0.1) is 0 Å². The number of phenolic OH excluding ortho intramolecular Hbond substituents is 1. The second kappa shape index (κ2) is 12.6. The summed E-state index contributed by atoms with van der Waals surface area (Å²) in [6, 6.07) is 8.75. The molecule has 0 radical (unpaired) electrons. The summed E-state index contributed by atoms with van der Waals surface area (Å²) in [7, 11) is 0. The number of carboxylic acid groups (broad SMARTS) is 1. The summed E-state index contributed by atoms with van der Waals surface area (Å²) in [6.45, 7) is 3.87. The van der Waals surface area contributed by atoms with Gasteiger partial charge in [0, 0.05) is 28.2 Å². The van der Waals surface area contributed by atoms with Gasteiger partial charge in [-0.3, -0.25) is 14.4 Å². The molecule has 172 valence electrons. The number of thioether (sulfide) groups is 1. The van der Waals surface area contributed by atoms with E-state index >= 15 is 0 Å². The first-order valence-electron chi connectivity index (χ1n) is 10.4. The summed E-state index contributed by atoms with van der Waals surface area (Å²) in [6.07, 6.45) is 2.01. The monoisotopic (exact) mass is 522 g/mol. The van der Waals surface area contributed by atoms with Crippen molar-refractivity contribution in [2.45, 2.75) is 50.8 Å². The Morgan fingerprint density at radius 3 is 2.41 bits per heavy atom. The first kappa shape index (κ1) is 25.9. The lowest BCUT2D eigenvalue weighted by molar-refractivity contribution is -0.136. The van der Waals surface area contributed by atoms with E-state index in [1.54, 1.807) is 30.0 Å². The van der Waals surface area contributed by atoms with Gasteiger partial charge in [-0.25, -0.2) is 0 Å². The summed E-state index contributed by atoms with van der Waals surface area (Å²) >= 11 is 5.09. The quantitative estimate of drug-likeness (QED) is 0.191. The van der Waals surface area contributed by atoms with Crippen molar-refractivity contribution in [1.29, 1.82) is 0 Å². The Morgan fingerprint density at radius 2 is 1.81 bits per heavy atom. The Kier molecular flexibility index (Phi) is 10.3. The van der Waals surface area contributed by atoms with Gasteiger partial charge in [0.05, 0.1) is 23.1 Å². The number of Topliss-reactive ketones (excluding diaryl/α,β-unsaturated/α-hetero) is 2. The Balaban J connectivity index is 1.89. The average molecular weight is 523 g/mol. The van der Waals surface area contributed by atoms with Crippen LogP contribution in [-0.4, -0.2) is 40.1 Å². The standard InChI is InChI=1S/C24H27BrO6S/c1-3-5-18-23(30)19(15(2)26)14-20(25)24(18)31-12-4-13-32-17-8-6-16(7-9-17)21(27)10-11-22(28)29/h6-9,14,30H,3-5,10-13H2,1-2H3,(H,28,29). The van der Waals surface area contributed by atoms with E-state index in [2.05, 4.69) is 15.9 Å². The van der Waals surface area contributed by atoms with Gasteiger partial charge in [0.2, 0.25) is 0 Å². The summed E-state index contributed by atoms with van der Waals surface area (Å²) in [5.74, 6) is 0.00734. The van der Waals surface area contributed by atoms with E-state index in [0.717, 1.165) is 23.5 Å². The molecule has 0 heterocycles. The van der Waals surface area contributed by atoms with Crippen LogP contribution < -0.4 is 4.74 Å². The van der Waals surface area contributed by atoms with Crippen LogP contribution in [0.1, 0.15) is 65.8 Å². The number of carboxylic acids is 1. The molecule has 0 aliphatic carbocycles. The summed E-state index contributed by atoms with van der Waals surface area (Å²) in [4.78, 5) is 35.3. The maximum atomic E-state index is 12.0. The SMILES string of the molecule is CCCc1c(O)c(C(C)=O)cc(Br)c1OCCCSc1ccc(C(=O)CCC(=O)O)cc1. The number of rotatable bonds is 13.